The molecule has 2 heterocycles. The number of carbonyl (C=O) groups excluding carboxylic acids is 2. The van der Waals surface area contributed by atoms with Crippen molar-refractivity contribution in [3.63, 3.8) is 0 Å². The first kappa shape index (κ1) is 13.1. The number of carbonyl (C=O) groups is 2. The van der Waals surface area contributed by atoms with Gasteiger partial charge in [-0.25, -0.2) is 14.1 Å². The Morgan fingerprint density at radius 1 is 1.15 bits per heavy atom. The molecule has 0 aliphatic carbocycles. The van der Waals surface area contributed by atoms with E-state index >= 15 is 0 Å². The van der Waals surface area contributed by atoms with Crippen LogP contribution < -0.4 is 10.2 Å². The highest BCUT2D eigenvalue weighted by molar-refractivity contribution is 6.21. The minimum atomic E-state index is -0.509. The van der Waals surface area contributed by atoms with Crippen LogP contribution in [0, 0.1) is 5.82 Å². The Balaban J connectivity index is 1.74. The smallest absolute Gasteiger partial charge is 0.324 e. The lowest BCUT2D eigenvalue weighted by Gasteiger charge is -2.18. The van der Waals surface area contributed by atoms with Gasteiger partial charge in [-0.15, -0.1) is 0 Å². The van der Waals surface area contributed by atoms with Gasteiger partial charge in [0, 0.05) is 6.54 Å². The molecule has 1 N–H and O–H groups in total. The van der Waals surface area contributed by atoms with Crippen LogP contribution in [0.25, 0.3) is 0 Å². The van der Waals surface area contributed by atoms with E-state index < -0.39 is 17.9 Å². The van der Waals surface area contributed by atoms with Gasteiger partial charge in [-0.05, 0) is 50.2 Å². The van der Waals surface area contributed by atoms with Gasteiger partial charge in [0.1, 0.15) is 11.9 Å². The fourth-order valence-corrected chi connectivity index (χ4v) is 2.71. The zero-order valence-electron chi connectivity index (χ0n) is 11.0. The Labute approximate surface area is 116 Å². The van der Waals surface area contributed by atoms with Crippen molar-refractivity contribution in [2.24, 2.45) is 0 Å². The molecule has 6 heteroatoms. The molecule has 2 saturated heterocycles. The molecule has 2 aliphatic heterocycles. The zero-order valence-corrected chi connectivity index (χ0v) is 11.0. The van der Waals surface area contributed by atoms with Crippen LogP contribution in [0.1, 0.15) is 12.8 Å². The highest BCUT2D eigenvalue weighted by Crippen LogP contribution is 2.21. The Kier molecular flexibility index (Phi) is 3.40. The summed E-state index contributed by atoms with van der Waals surface area (Å²) in [6.45, 7) is 2.48. The number of halogens is 1. The van der Waals surface area contributed by atoms with Gasteiger partial charge in [0.25, 0.3) is 5.91 Å². The van der Waals surface area contributed by atoms with Gasteiger partial charge in [0.05, 0.1) is 5.69 Å². The molecule has 0 spiro atoms. The average molecular weight is 277 g/mol. The summed E-state index contributed by atoms with van der Waals surface area (Å²) in [5.74, 6) is -0.664. The van der Waals surface area contributed by atoms with E-state index in [1.54, 1.807) is 0 Å². The number of urea groups is 1. The minimum Gasteiger partial charge on any atom is -0.324 e. The molecule has 2 aliphatic rings. The van der Waals surface area contributed by atoms with Crippen molar-refractivity contribution in [2.75, 3.05) is 24.5 Å². The molecule has 20 heavy (non-hydrogen) atoms. The standard InChI is InChI=1S/C14H16FN3O2/c15-10-3-5-11(6-4-10)18-13(19)12(16-14(18)20)9-17-7-1-2-8-17/h3-6,12H,1-2,7-9H2,(H,16,20). The maximum Gasteiger partial charge on any atom is 0.329 e. The van der Waals surface area contributed by atoms with Crippen molar-refractivity contribution in [3.8, 4) is 0 Å². The highest BCUT2D eigenvalue weighted by atomic mass is 19.1. The quantitative estimate of drug-likeness (QED) is 0.848. The largest absolute Gasteiger partial charge is 0.329 e. The third-order valence-corrected chi connectivity index (χ3v) is 3.74. The van der Waals surface area contributed by atoms with Crippen molar-refractivity contribution in [2.45, 2.75) is 18.9 Å². The number of imide groups is 1. The maximum atomic E-state index is 12.9. The molecular weight excluding hydrogens is 261 g/mol. The van der Waals surface area contributed by atoms with Gasteiger partial charge in [0.2, 0.25) is 0 Å². The summed E-state index contributed by atoms with van der Waals surface area (Å²) in [7, 11) is 0. The minimum absolute atomic E-state index is 0.270. The third-order valence-electron chi connectivity index (χ3n) is 3.74. The van der Waals surface area contributed by atoms with Crippen molar-refractivity contribution >= 4 is 17.6 Å². The topological polar surface area (TPSA) is 52.7 Å². The molecule has 106 valence electrons. The lowest BCUT2D eigenvalue weighted by Crippen LogP contribution is -2.41. The summed E-state index contributed by atoms with van der Waals surface area (Å²) in [4.78, 5) is 27.5. The Bertz CT molecular complexity index is 526. The number of amides is 3. The van der Waals surface area contributed by atoms with Crippen LogP contribution in [-0.2, 0) is 4.79 Å². The molecule has 0 saturated carbocycles. The Morgan fingerprint density at radius 3 is 2.45 bits per heavy atom. The van der Waals surface area contributed by atoms with Gasteiger partial charge in [-0.3, -0.25) is 4.79 Å². The van der Waals surface area contributed by atoms with Gasteiger partial charge in [-0.2, -0.15) is 0 Å². The van der Waals surface area contributed by atoms with E-state index in [1.165, 1.54) is 24.3 Å². The molecule has 1 unspecified atom stereocenters. The number of nitrogens with zero attached hydrogens (tertiary/aromatic N) is 2. The van der Waals surface area contributed by atoms with Crippen molar-refractivity contribution < 1.29 is 14.0 Å². The summed E-state index contributed by atoms with van der Waals surface area (Å²) in [6, 6.07) is 4.40. The summed E-state index contributed by atoms with van der Waals surface area (Å²) < 4.78 is 12.9. The molecule has 0 bridgehead atoms. The van der Waals surface area contributed by atoms with E-state index in [2.05, 4.69) is 10.2 Å². The molecule has 1 atom stereocenters. The van der Waals surface area contributed by atoms with Crippen LogP contribution in [0.15, 0.2) is 24.3 Å². The van der Waals surface area contributed by atoms with E-state index in [-0.39, 0.29) is 5.91 Å². The summed E-state index contributed by atoms with van der Waals surface area (Å²) in [6.07, 6.45) is 2.27. The SMILES string of the molecule is O=C1NC(CN2CCCC2)C(=O)N1c1ccc(F)cc1. The Hall–Kier alpha value is -1.95. The average Bonchev–Trinajstić information content (AvgIpc) is 3.02. The first-order valence-electron chi connectivity index (χ1n) is 6.77. The predicted molar refractivity (Wildman–Crippen MR) is 71.9 cm³/mol. The van der Waals surface area contributed by atoms with Gasteiger partial charge in [0.15, 0.2) is 0 Å². The number of anilines is 1. The van der Waals surface area contributed by atoms with Gasteiger partial charge in [-0.1, -0.05) is 0 Å². The van der Waals surface area contributed by atoms with Crippen molar-refractivity contribution in [3.05, 3.63) is 30.1 Å². The first-order chi connectivity index (χ1) is 9.65. The number of benzene rings is 1. The molecule has 5 nitrogen and oxygen atoms in total. The van der Waals surface area contributed by atoms with Gasteiger partial charge < -0.3 is 10.2 Å². The predicted octanol–water partition coefficient (Wildman–Crippen LogP) is 1.35. The number of likely N-dealkylation sites (tertiary alicyclic amines) is 1. The number of rotatable bonds is 3. The first-order valence-corrected chi connectivity index (χ1v) is 6.77. The molecule has 3 amide bonds. The maximum absolute atomic E-state index is 12.9. The molecule has 0 aromatic heterocycles. The lowest BCUT2D eigenvalue weighted by atomic mass is 10.2. The normalized spacial score (nSPS) is 23.4. The second-order valence-corrected chi connectivity index (χ2v) is 5.16. The summed E-state index contributed by atoms with van der Waals surface area (Å²) >= 11 is 0. The fraction of sp³-hybridized carbons (Fsp3) is 0.429. The van der Waals surface area contributed by atoms with E-state index in [9.17, 15) is 14.0 Å². The fourth-order valence-electron chi connectivity index (χ4n) is 2.71. The van der Waals surface area contributed by atoms with Crippen molar-refractivity contribution in [1.82, 2.24) is 10.2 Å². The third kappa shape index (κ3) is 2.38. The molecule has 1 aromatic rings. The number of nitrogens with one attached hydrogen (secondary N) is 1. The highest BCUT2D eigenvalue weighted by Gasteiger charge is 2.39. The van der Waals surface area contributed by atoms with Crippen LogP contribution in [0.5, 0.6) is 0 Å². The molecule has 3 rings (SSSR count). The number of hydrogen-bond acceptors (Lipinski definition) is 3. The lowest BCUT2D eigenvalue weighted by molar-refractivity contribution is -0.118. The van der Waals surface area contributed by atoms with E-state index in [4.69, 9.17) is 0 Å². The van der Waals surface area contributed by atoms with Crippen LogP contribution in [0.3, 0.4) is 0 Å². The van der Waals surface area contributed by atoms with Crippen LogP contribution in [0.4, 0.5) is 14.9 Å². The van der Waals surface area contributed by atoms with E-state index in [1.807, 2.05) is 0 Å². The zero-order chi connectivity index (χ0) is 14.1. The summed E-state index contributed by atoms with van der Waals surface area (Å²) in [5, 5.41) is 2.70. The monoisotopic (exact) mass is 277 g/mol. The Morgan fingerprint density at radius 2 is 1.80 bits per heavy atom. The van der Waals surface area contributed by atoms with Gasteiger partial charge >= 0.3 is 6.03 Å². The second kappa shape index (κ2) is 5.20. The van der Waals surface area contributed by atoms with Crippen LogP contribution >= 0.6 is 0 Å². The van der Waals surface area contributed by atoms with Crippen molar-refractivity contribution in [1.29, 1.82) is 0 Å². The van der Waals surface area contributed by atoms with Crippen LogP contribution in [-0.4, -0.2) is 42.5 Å². The van der Waals surface area contributed by atoms with Crippen LogP contribution in [0.2, 0.25) is 0 Å². The molecule has 2 fully saturated rings. The molecule has 0 radical (unpaired) electrons. The molecular formula is C14H16FN3O2. The summed E-state index contributed by atoms with van der Waals surface area (Å²) in [5.41, 5.74) is 0.401. The molecule has 1 aromatic carbocycles. The van der Waals surface area contributed by atoms with E-state index in [0.29, 0.717) is 12.2 Å². The second-order valence-electron chi connectivity index (χ2n) is 5.16. The van der Waals surface area contributed by atoms with E-state index in [0.717, 1.165) is 30.8 Å². The number of hydrogen-bond donors (Lipinski definition) is 1.